The molecule has 19 heavy (non-hydrogen) atoms. The van der Waals surface area contributed by atoms with Gasteiger partial charge in [-0.1, -0.05) is 12.2 Å². The first-order chi connectivity index (χ1) is 9.22. The van der Waals surface area contributed by atoms with Crippen LogP contribution >= 0.6 is 39.5 Å². The summed E-state index contributed by atoms with van der Waals surface area (Å²) in [6.45, 7) is 2.45. The number of thiophene rings is 1. The normalized spacial score (nSPS) is 11.1. The molecule has 0 bridgehead atoms. The number of fused-ring (bicyclic) bond motifs is 1. The van der Waals surface area contributed by atoms with E-state index in [0.717, 1.165) is 19.3 Å². The summed E-state index contributed by atoms with van der Waals surface area (Å²) in [6.07, 6.45) is 0. The molecule has 2 rings (SSSR count). The molecule has 0 aliphatic carbocycles. The molecular weight excluding hydrogens is 350 g/mol. The van der Waals surface area contributed by atoms with Crippen molar-refractivity contribution in [3.63, 3.8) is 0 Å². The molecule has 0 saturated heterocycles. The highest BCUT2D eigenvalue weighted by Gasteiger charge is 2.07. The Kier molecular flexibility index (Phi) is 5.77. The van der Waals surface area contributed by atoms with Gasteiger partial charge in [0.05, 0.1) is 33.5 Å². The van der Waals surface area contributed by atoms with E-state index in [1.54, 1.807) is 18.4 Å². The van der Waals surface area contributed by atoms with E-state index in [2.05, 4.69) is 21.2 Å². The predicted octanol–water partition coefficient (Wildman–Crippen LogP) is 4.06. The second-order valence-corrected chi connectivity index (χ2v) is 5.92. The van der Waals surface area contributed by atoms with E-state index < -0.39 is 0 Å². The monoisotopic (exact) mass is 363 g/mol. The van der Waals surface area contributed by atoms with Crippen LogP contribution in [0.1, 0.15) is 0 Å². The summed E-state index contributed by atoms with van der Waals surface area (Å²) in [4.78, 5) is 0. The lowest BCUT2D eigenvalue weighted by Crippen LogP contribution is -2.11. The molecule has 2 heterocycles. The van der Waals surface area contributed by atoms with Gasteiger partial charge < -0.3 is 19.2 Å². The predicted molar refractivity (Wildman–Crippen MR) is 83.8 cm³/mol. The Labute approximate surface area is 128 Å². The highest BCUT2D eigenvalue weighted by Crippen LogP contribution is 2.33. The van der Waals surface area contributed by atoms with E-state index in [1.807, 2.05) is 11.4 Å². The zero-order valence-corrected chi connectivity index (χ0v) is 13.6. The Balaban J connectivity index is 1.94. The molecule has 0 spiro atoms. The highest BCUT2D eigenvalue weighted by molar-refractivity contribution is 9.10. The van der Waals surface area contributed by atoms with Crippen molar-refractivity contribution in [3.8, 4) is 0 Å². The number of hydrogen-bond acceptors (Lipinski definition) is 6. The summed E-state index contributed by atoms with van der Waals surface area (Å²) in [5.74, 6) is 0.659. The Hall–Kier alpha value is -0.470. The van der Waals surface area contributed by atoms with Crippen molar-refractivity contribution in [1.82, 2.24) is 0 Å². The van der Waals surface area contributed by atoms with Crippen LogP contribution in [0.5, 0.6) is 0 Å². The summed E-state index contributed by atoms with van der Waals surface area (Å²) in [7, 11) is 1.65. The Morgan fingerprint density at radius 2 is 2.26 bits per heavy atom. The van der Waals surface area contributed by atoms with Crippen LogP contribution in [0.3, 0.4) is 0 Å². The number of methoxy groups -OCH3 is 1. The van der Waals surface area contributed by atoms with E-state index in [0.29, 0.717) is 32.2 Å². The minimum Gasteiger partial charge on any atom is -0.439 e. The standard InChI is InChI=1S/C12H14BrNO3S2/c1-15-4-5-16-3-2-14-10-6-9(18)12-11(17-10)8(13)7-19-12/h6-7,14H,2-5H2,1H3. The maximum Gasteiger partial charge on any atom is 0.195 e. The van der Waals surface area contributed by atoms with Crippen LogP contribution in [-0.4, -0.2) is 33.5 Å². The highest BCUT2D eigenvalue weighted by atomic mass is 79.9. The molecule has 0 saturated carbocycles. The fourth-order valence-corrected chi connectivity index (χ4v) is 3.29. The zero-order chi connectivity index (χ0) is 13.7. The van der Waals surface area contributed by atoms with Crippen LogP contribution in [0.2, 0.25) is 0 Å². The van der Waals surface area contributed by atoms with Gasteiger partial charge in [0.15, 0.2) is 11.5 Å². The second-order valence-electron chi connectivity index (χ2n) is 3.75. The molecule has 2 aromatic heterocycles. The SMILES string of the molecule is COCCOCCNc1cc(=S)c2scc(Br)c2o1. The Morgan fingerprint density at radius 3 is 3.05 bits per heavy atom. The third-order valence-electron chi connectivity index (χ3n) is 2.38. The number of rotatable bonds is 7. The molecule has 4 nitrogen and oxygen atoms in total. The molecule has 104 valence electrons. The van der Waals surface area contributed by atoms with Crippen molar-refractivity contribution in [2.45, 2.75) is 0 Å². The van der Waals surface area contributed by atoms with Gasteiger partial charge in [-0.2, -0.15) is 0 Å². The third-order valence-corrected chi connectivity index (χ3v) is 4.72. The van der Waals surface area contributed by atoms with Gasteiger partial charge in [-0.15, -0.1) is 11.3 Å². The summed E-state index contributed by atoms with van der Waals surface area (Å²) in [6, 6.07) is 1.83. The number of anilines is 1. The minimum atomic E-state index is 0.592. The number of nitrogens with one attached hydrogen (secondary N) is 1. The number of halogens is 1. The van der Waals surface area contributed by atoms with Crippen LogP contribution in [0.25, 0.3) is 10.3 Å². The van der Waals surface area contributed by atoms with Crippen molar-refractivity contribution in [1.29, 1.82) is 0 Å². The quantitative estimate of drug-likeness (QED) is 0.593. The van der Waals surface area contributed by atoms with Gasteiger partial charge in [-0.25, -0.2) is 0 Å². The lowest BCUT2D eigenvalue weighted by atomic mass is 10.4. The molecule has 0 fully saturated rings. The Morgan fingerprint density at radius 1 is 1.42 bits per heavy atom. The van der Waals surface area contributed by atoms with Gasteiger partial charge in [0.25, 0.3) is 0 Å². The van der Waals surface area contributed by atoms with Gasteiger partial charge in [0.2, 0.25) is 0 Å². The van der Waals surface area contributed by atoms with E-state index in [9.17, 15) is 0 Å². The van der Waals surface area contributed by atoms with Gasteiger partial charge >= 0.3 is 0 Å². The largest absolute Gasteiger partial charge is 0.439 e. The summed E-state index contributed by atoms with van der Waals surface area (Å²) in [5.41, 5.74) is 0.792. The molecule has 0 atom stereocenters. The minimum absolute atomic E-state index is 0.592. The van der Waals surface area contributed by atoms with Crippen molar-refractivity contribution in [2.75, 3.05) is 38.8 Å². The van der Waals surface area contributed by atoms with Crippen LogP contribution in [0.15, 0.2) is 20.3 Å². The molecule has 0 aromatic carbocycles. The molecule has 0 amide bonds. The average Bonchev–Trinajstić information content (AvgIpc) is 2.76. The molecule has 1 N–H and O–H groups in total. The number of hydrogen-bond donors (Lipinski definition) is 1. The summed E-state index contributed by atoms with van der Waals surface area (Å²) < 4.78 is 18.7. The second kappa shape index (κ2) is 7.35. The van der Waals surface area contributed by atoms with Crippen LogP contribution in [0, 0.1) is 4.51 Å². The van der Waals surface area contributed by atoms with Crippen LogP contribution in [-0.2, 0) is 9.47 Å². The van der Waals surface area contributed by atoms with Gasteiger partial charge in [-0.05, 0) is 15.9 Å². The van der Waals surface area contributed by atoms with Crippen LogP contribution < -0.4 is 5.32 Å². The van der Waals surface area contributed by atoms with E-state index in [-0.39, 0.29) is 0 Å². The summed E-state index contributed by atoms with van der Waals surface area (Å²) >= 11 is 10.4. The van der Waals surface area contributed by atoms with Crippen molar-refractivity contribution in [3.05, 3.63) is 20.4 Å². The fraction of sp³-hybridized carbons (Fsp3) is 0.417. The van der Waals surface area contributed by atoms with Gasteiger partial charge in [-0.3, -0.25) is 0 Å². The molecule has 0 aliphatic rings. The molecule has 0 unspecified atom stereocenters. The zero-order valence-electron chi connectivity index (χ0n) is 10.4. The molecule has 0 aliphatic heterocycles. The Bertz CT molecular complexity index is 596. The first-order valence-corrected chi connectivity index (χ1v) is 7.82. The number of ether oxygens (including phenoxy) is 2. The topological polar surface area (TPSA) is 43.6 Å². The lowest BCUT2D eigenvalue weighted by molar-refractivity contribution is 0.0758. The van der Waals surface area contributed by atoms with Gasteiger partial charge in [0.1, 0.15) is 0 Å². The molecular formula is C12H14BrNO3S2. The van der Waals surface area contributed by atoms with E-state index >= 15 is 0 Å². The summed E-state index contributed by atoms with van der Waals surface area (Å²) in [5, 5.41) is 5.13. The first kappa shape index (κ1) is 14.9. The first-order valence-electron chi connectivity index (χ1n) is 5.74. The molecule has 0 radical (unpaired) electrons. The maximum absolute atomic E-state index is 5.75. The van der Waals surface area contributed by atoms with Crippen molar-refractivity contribution in [2.24, 2.45) is 0 Å². The smallest absolute Gasteiger partial charge is 0.195 e. The van der Waals surface area contributed by atoms with Gasteiger partial charge in [0, 0.05) is 25.1 Å². The van der Waals surface area contributed by atoms with Crippen LogP contribution in [0.4, 0.5) is 5.88 Å². The average molecular weight is 364 g/mol. The molecule has 2 aromatic rings. The maximum atomic E-state index is 5.75. The fourth-order valence-electron chi connectivity index (χ4n) is 1.49. The molecule has 7 heteroatoms. The lowest BCUT2D eigenvalue weighted by Gasteiger charge is -2.06. The third kappa shape index (κ3) is 4.00. The van der Waals surface area contributed by atoms with Crippen molar-refractivity contribution < 1.29 is 13.9 Å². The van der Waals surface area contributed by atoms with E-state index in [4.69, 9.17) is 26.1 Å². The van der Waals surface area contributed by atoms with Crippen molar-refractivity contribution >= 4 is 55.7 Å². The van der Waals surface area contributed by atoms with E-state index in [1.165, 1.54) is 0 Å².